The van der Waals surface area contributed by atoms with Crippen molar-refractivity contribution in [3.63, 3.8) is 0 Å². The van der Waals surface area contributed by atoms with Gasteiger partial charge in [-0.1, -0.05) is 0 Å². The number of aliphatic hydroxyl groups is 1. The van der Waals surface area contributed by atoms with Gasteiger partial charge >= 0.3 is 0 Å². The van der Waals surface area contributed by atoms with Crippen LogP contribution in [0, 0.1) is 0 Å². The Hall–Kier alpha value is -1.49. The van der Waals surface area contributed by atoms with Crippen LogP contribution in [0.25, 0.3) is 0 Å². The Labute approximate surface area is 76.8 Å². The standard InChI is InChI=1S/C8H14N4O/c1-5(4-13)11-7-3-2-6(9)8(10)12-7/h2-3,5,13H,4,9H2,1H3,(H3,10,11,12). The van der Waals surface area contributed by atoms with Crippen LogP contribution in [0.1, 0.15) is 6.92 Å². The van der Waals surface area contributed by atoms with E-state index in [1.165, 1.54) is 0 Å². The molecule has 0 fully saturated rings. The Kier molecular flexibility index (Phi) is 2.92. The van der Waals surface area contributed by atoms with E-state index in [0.717, 1.165) is 0 Å². The van der Waals surface area contributed by atoms with Crippen LogP contribution in [-0.4, -0.2) is 22.7 Å². The van der Waals surface area contributed by atoms with E-state index in [1.807, 2.05) is 6.92 Å². The summed E-state index contributed by atoms with van der Waals surface area (Å²) >= 11 is 0. The summed E-state index contributed by atoms with van der Waals surface area (Å²) in [4.78, 5) is 3.99. The van der Waals surface area contributed by atoms with Crippen LogP contribution < -0.4 is 16.8 Å². The molecule has 1 unspecified atom stereocenters. The van der Waals surface area contributed by atoms with E-state index in [0.29, 0.717) is 17.3 Å². The van der Waals surface area contributed by atoms with Crippen LogP contribution in [-0.2, 0) is 0 Å². The lowest BCUT2D eigenvalue weighted by molar-refractivity contribution is 0.281. The number of pyridine rings is 1. The first kappa shape index (κ1) is 9.60. The molecule has 0 aromatic carbocycles. The fourth-order valence-corrected chi connectivity index (χ4v) is 0.864. The summed E-state index contributed by atoms with van der Waals surface area (Å²) in [6.07, 6.45) is 0. The number of rotatable bonds is 3. The summed E-state index contributed by atoms with van der Waals surface area (Å²) in [5, 5.41) is 11.7. The normalized spacial score (nSPS) is 12.5. The molecule has 0 aliphatic heterocycles. The van der Waals surface area contributed by atoms with Crippen LogP contribution >= 0.6 is 0 Å². The van der Waals surface area contributed by atoms with Crippen molar-refractivity contribution in [1.29, 1.82) is 0 Å². The molecule has 0 bridgehead atoms. The van der Waals surface area contributed by atoms with Crippen LogP contribution in [0.3, 0.4) is 0 Å². The highest BCUT2D eigenvalue weighted by atomic mass is 16.3. The van der Waals surface area contributed by atoms with Crippen molar-refractivity contribution < 1.29 is 5.11 Å². The van der Waals surface area contributed by atoms with E-state index in [1.54, 1.807) is 12.1 Å². The lowest BCUT2D eigenvalue weighted by atomic mass is 10.3. The van der Waals surface area contributed by atoms with Crippen molar-refractivity contribution in [2.75, 3.05) is 23.4 Å². The molecule has 0 aliphatic carbocycles. The molecule has 0 saturated heterocycles. The fourth-order valence-electron chi connectivity index (χ4n) is 0.864. The molecular formula is C8H14N4O. The van der Waals surface area contributed by atoms with Gasteiger partial charge in [-0.05, 0) is 19.1 Å². The SMILES string of the molecule is CC(CO)Nc1ccc(N)c(N)n1. The molecule has 1 heterocycles. The monoisotopic (exact) mass is 182 g/mol. The Balaban J connectivity index is 2.73. The number of hydrogen-bond donors (Lipinski definition) is 4. The maximum absolute atomic E-state index is 8.77. The molecule has 1 atom stereocenters. The van der Waals surface area contributed by atoms with Crippen molar-refractivity contribution in [3.05, 3.63) is 12.1 Å². The number of nitrogens with two attached hydrogens (primary N) is 2. The summed E-state index contributed by atoms with van der Waals surface area (Å²) in [5.74, 6) is 0.920. The maximum Gasteiger partial charge on any atom is 0.149 e. The number of aliphatic hydroxyl groups excluding tert-OH is 1. The van der Waals surface area contributed by atoms with Crippen LogP contribution in [0.4, 0.5) is 17.3 Å². The molecule has 13 heavy (non-hydrogen) atoms. The average Bonchev–Trinajstić information content (AvgIpc) is 2.11. The summed E-state index contributed by atoms with van der Waals surface area (Å²) in [5.41, 5.74) is 11.4. The van der Waals surface area contributed by atoms with Gasteiger partial charge in [0, 0.05) is 6.04 Å². The quantitative estimate of drug-likeness (QED) is 0.529. The number of anilines is 3. The average molecular weight is 182 g/mol. The molecule has 72 valence electrons. The van der Waals surface area contributed by atoms with Gasteiger partial charge in [-0.25, -0.2) is 4.98 Å². The molecule has 0 radical (unpaired) electrons. The molecular weight excluding hydrogens is 168 g/mol. The molecule has 5 nitrogen and oxygen atoms in total. The van der Waals surface area contributed by atoms with Gasteiger partial charge in [-0.15, -0.1) is 0 Å². The highest BCUT2D eigenvalue weighted by Crippen LogP contribution is 2.14. The van der Waals surface area contributed by atoms with Gasteiger partial charge in [-0.3, -0.25) is 0 Å². The minimum absolute atomic E-state index is 0.0458. The maximum atomic E-state index is 8.77. The van der Waals surface area contributed by atoms with Crippen LogP contribution in [0.15, 0.2) is 12.1 Å². The first-order chi connectivity index (χ1) is 6.13. The summed E-state index contributed by atoms with van der Waals surface area (Å²) < 4.78 is 0. The third-order valence-corrected chi connectivity index (χ3v) is 1.63. The number of hydrogen-bond acceptors (Lipinski definition) is 5. The molecule has 0 aliphatic rings. The molecule has 0 saturated carbocycles. The van der Waals surface area contributed by atoms with Crippen molar-refractivity contribution in [1.82, 2.24) is 4.98 Å². The van der Waals surface area contributed by atoms with Crippen LogP contribution in [0.2, 0.25) is 0 Å². The predicted molar refractivity (Wildman–Crippen MR) is 53.2 cm³/mol. The van der Waals surface area contributed by atoms with Crippen molar-refractivity contribution in [3.8, 4) is 0 Å². The first-order valence-electron chi connectivity index (χ1n) is 4.03. The summed E-state index contributed by atoms with van der Waals surface area (Å²) in [6.45, 7) is 1.89. The van der Waals surface area contributed by atoms with E-state index in [9.17, 15) is 0 Å². The van der Waals surface area contributed by atoms with Gasteiger partial charge in [0.1, 0.15) is 11.6 Å². The zero-order valence-corrected chi connectivity index (χ0v) is 7.49. The lowest BCUT2D eigenvalue weighted by Crippen LogP contribution is -2.20. The van der Waals surface area contributed by atoms with Gasteiger partial charge in [0.05, 0.1) is 12.3 Å². The number of nitrogens with zero attached hydrogens (tertiary/aromatic N) is 1. The lowest BCUT2D eigenvalue weighted by Gasteiger charge is -2.11. The molecule has 1 aromatic heterocycles. The molecule has 5 heteroatoms. The van der Waals surface area contributed by atoms with E-state index in [-0.39, 0.29) is 12.6 Å². The summed E-state index contributed by atoms with van der Waals surface area (Å²) in [7, 11) is 0. The molecule has 0 amide bonds. The van der Waals surface area contributed by atoms with Crippen molar-refractivity contribution in [2.45, 2.75) is 13.0 Å². The molecule has 1 rings (SSSR count). The molecule has 1 aromatic rings. The van der Waals surface area contributed by atoms with Gasteiger partial charge < -0.3 is 21.9 Å². The van der Waals surface area contributed by atoms with Crippen LogP contribution in [0.5, 0.6) is 0 Å². The number of nitrogen functional groups attached to an aromatic ring is 2. The molecule has 6 N–H and O–H groups in total. The predicted octanol–water partition coefficient (Wildman–Crippen LogP) is 0.0387. The number of aromatic nitrogens is 1. The van der Waals surface area contributed by atoms with Crippen molar-refractivity contribution in [2.24, 2.45) is 0 Å². The second kappa shape index (κ2) is 3.95. The fraction of sp³-hybridized carbons (Fsp3) is 0.375. The minimum atomic E-state index is -0.0458. The Morgan fingerprint density at radius 1 is 1.54 bits per heavy atom. The number of nitrogens with one attached hydrogen (secondary N) is 1. The second-order valence-electron chi connectivity index (χ2n) is 2.90. The second-order valence-corrected chi connectivity index (χ2v) is 2.90. The largest absolute Gasteiger partial charge is 0.396 e. The Bertz CT molecular complexity index is 289. The third-order valence-electron chi connectivity index (χ3n) is 1.63. The Morgan fingerprint density at radius 2 is 2.23 bits per heavy atom. The topological polar surface area (TPSA) is 97.2 Å². The zero-order chi connectivity index (χ0) is 9.84. The van der Waals surface area contributed by atoms with Crippen molar-refractivity contribution >= 4 is 17.3 Å². The third kappa shape index (κ3) is 2.48. The van der Waals surface area contributed by atoms with E-state index < -0.39 is 0 Å². The zero-order valence-electron chi connectivity index (χ0n) is 7.49. The summed E-state index contributed by atoms with van der Waals surface area (Å²) in [6, 6.07) is 3.35. The van der Waals surface area contributed by atoms with Gasteiger partial charge in [0.15, 0.2) is 0 Å². The highest BCUT2D eigenvalue weighted by molar-refractivity contribution is 5.61. The van der Waals surface area contributed by atoms with E-state index >= 15 is 0 Å². The van der Waals surface area contributed by atoms with Gasteiger partial charge in [0.25, 0.3) is 0 Å². The minimum Gasteiger partial charge on any atom is -0.396 e. The highest BCUT2D eigenvalue weighted by Gasteiger charge is 2.02. The first-order valence-corrected chi connectivity index (χ1v) is 4.03. The molecule has 0 spiro atoms. The van der Waals surface area contributed by atoms with E-state index in [2.05, 4.69) is 10.3 Å². The Morgan fingerprint density at radius 3 is 2.77 bits per heavy atom. The smallest absolute Gasteiger partial charge is 0.149 e. The van der Waals surface area contributed by atoms with Gasteiger partial charge in [0.2, 0.25) is 0 Å². The van der Waals surface area contributed by atoms with Gasteiger partial charge in [-0.2, -0.15) is 0 Å². The van der Waals surface area contributed by atoms with E-state index in [4.69, 9.17) is 16.6 Å².